The predicted molar refractivity (Wildman–Crippen MR) is 85.5 cm³/mol. The van der Waals surface area contributed by atoms with Crippen molar-refractivity contribution in [3.05, 3.63) is 29.8 Å². The standard InChI is InChI=1S/C16H19N3O5/c1-17-16(23)18-13(20)9-24-15(22)11-5-3-4-6-12(11)19(2)14(21)10-7-8-10/h3-6,10H,7-9H2,1-2H3,(H2,17,18,20,23). The van der Waals surface area contributed by atoms with Crippen molar-refractivity contribution in [2.45, 2.75) is 12.8 Å². The second-order valence-electron chi connectivity index (χ2n) is 5.39. The summed E-state index contributed by atoms with van der Waals surface area (Å²) in [5.41, 5.74) is 0.604. The van der Waals surface area contributed by atoms with Crippen LogP contribution in [0.15, 0.2) is 24.3 Å². The number of rotatable bonds is 5. The Hall–Kier alpha value is -2.90. The lowest BCUT2D eigenvalue weighted by Gasteiger charge is -2.20. The number of carbonyl (C=O) groups excluding carboxylic acids is 4. The summed E-state index contributed by atoms with van der Waals surface area (Å²) in [5.74, 6) is -1.53. The fraction of sp³-hybridized carbons (Fsp3) is 0.375. The molecular formula is C16H19N3O5. The number of amides is 4. The number of imide groups is 1. The van der Waals surface area contributed by atoms with Crippen molar-refractivity contribution in [3.8, 4) is 0 Å². The Morgan fingerprint density at radius 1 is 1.21 bits per heavy atom. The molecular weight excluding hydrogens is 314 g/mol. The van der Waals surface area contributed by atoms with Gasteiger partial charge in [0.2, 0.25) is 5.91 Å². The highest BCUT2D eigenvalue weighted by molar-refractivity contribution is 6.04. The van der Waals surface area contributed by atoms with E-state index in [1.165, 1.54) is 18.0 Å². The summed E-state index contributed by atoms with van der Waals surface area (Å²) in [6.45, 7) is -0.596. The van der Waals surface area contributed by atoms with E-state index in [1.54, 1.807) is 25.2 Å². The highest BCUT2D eigenvalue weighted by Gasteiger charge is 2.33. The number of anilines is 1. The molecule has 0 spiro atoms. The average molecular weight is 333 g/mol. The zero-order valence-corrected chi connectivity index (χ0v) is 13.5. The Balaban J connectivity index is 2.02. The van der Waals surface area contributed by atoms with Crippen LogP contribution in [0.5, 0.6) is 0 Å². The molecule has 8 heteroatoms. The highest BCUT2D eigenvalue weighted by Crippen LogP contribution is 2.33. The molecule has 1 aromatic rings. The smallest absolute Gasteiger partial charge is 0.340 e. The van der Waals surface area contributed by atoms with Gasteiger partial charge < -0.3 is 15.0 Å². The van der Waals surface area contributed by atoms with Crippen LogP contribution in [-0.2, 0) is 14.3 Å². The monoisotopic (exact) mass is 333 g/mol. The molecule has 0 atom stereocenters. The van der Waals surface area contributed by atoms with Gasteiger partial charge in [0.15, 0.2) is 6.61 Å². The lowest BCUT2D eigenvalue weighted by atomic mass is 10.1. The van der Waals surface area contributed by atoms with Gasteiger partial charge in [-0.25, -0.2) is 9.59 Å². The molecule has 4 amide bonds. The van der Waals surface area contributed by atoms with E-state index in [2.05, 4.69) is 5.32 Å². The number of carbonyl (C=O) groups is 4. The largest absolute Gasteiger partial charge is 0.452 e. The molecule has 0 heterocycles. The van der Waals surface area contributed by atoms with E-state index >= 15 is 0 Å². The minimum atomic E-state index is -0.748. The van der Waals surface area contributed by atoms with E-state index in [0.717, 1.165) is 12.8 Å². The van der Waals surface area contributed by atoms with Gasteiger partial charge in [-0.05, 0) is 25.0 Å². The van der Waals surface area contributed by atoms with Crippen molar-refractivity contribution in [1.82, 2.24) is 10.6 Å². The number of nitrogens with one attached hydrogen (secondary N) is 2. The maximum absolute atomic E-state index is 12.2. The van der Waals surface area contributed by atoms with Gasteiger partial charge in [-0.3, -0.25) is 14.9 Å². The van der Waals surface area contributed by atoms with Gasteiger partial charge in [-0.1, -0.05) is 12.1 Å². The quantitative estimate of drug-likeness (QED) is 0.771. The van der Waals surface area contributed by atoms with E-state index in [1.807, 2.05) is 5.32 Å². The molecule has 1 aliphatic carbocycles. The van der Waals surface area contributed by atoms with Gasteiger partial charge >= 0.3 is 12.0 Å². The molecule has 2 rings (SSSR count). The lowest BCUT2D eigenvalue weighted by Crippen LogP contribution is -2.39. The summed E-state index contributed by atoms with van der Waals surface area (Å²) in [5, 5.41) is 4.20. The van der Waals surface area contributed by atoms with Crippen LogP contribution < -0.4 is 15.5 Å². The number of esters is 1. The Morgan fingerprint density at radius 3 is 2.50 bits per heavy atom. The molecule has 1 fully saturated rings. The molecule has 128 valence electrons. The molecule has 8 nitrogen and oxygen atoms in total. The number of urea groups is 1. The topological polar surface area (TPSA) is 105 Å². The first kappa shape index (κ1) is 17.5. The van der Waals surface area contributed by atoms with Crippen LogP contribution in [0.3, 0.4) is 0 Å². The Labute approximate surface area is 139 Å². The van der Waals surface area contributed by atoms with Crippen molar-refractivity contribution in [2.75, 3.05) is 25.6 Å². The lowest BCUT2D eigenvalue weighted by molar-refractivity contribution is -0.123. The maximum Gasteiger partial charge on any atom is 0.340 e. The summed E-state index contributed by atoms with van der Waals surface area (Å²) >= 11 is 0. The first-order chi connectivity index (χ1) is 11.4. The second kappa shape index (κ2) is 7.58. The summed E-state index contributed by atoms with van der Waals surface area (Å²) in [4.78, 5) is 48.2. The van der Waals surface area contributed by atoms with Gasteiger partial charge in [0.1, 0.15) is 0 Å². The van der Waals surface area contributed by atoms with E-state index in [4.69, 9.17) is 4.74 Å². The van der Waals surface area contributed by atoms with Gasteiger partial charge in [-0.15, -0.1) is 0 Å². The maximum atomic E-state index is 12.2. The van der Waals surface area contributed by atoms with E-state index in [-0.39, 0.29) is 17.4 Å². The summed E-state index contributed by atoms with van der Waals surface area (Å²) in [7, 11) is 2.96. The number of nitrogens with zero attached hydrogens (tertiary/aromatic N) is 1. The molecule has 0 aliphatic heterocycles. The van der Waals surface area contributed by atoms with Crippen molar-refractivity contribution in [1.29, 1.82) is 0 Å². The normalized spacial score (nSPS) is 12.9. The highest BCUT2D eigenvalue weighted by atomic mass is 16.5. The van der Waals surface area contributed by atoms with Crippen LogP contribution in [0.1, 0.15) is 23.2 Å². The number of para-hydroxylation sites is 1. The molecule has 2 N–H and O–H groups in total. The van der Waals surface area contributed by atoms with Gasteiger partial charge in [0.25, 0.3) is 5.91 Å². The Kier molecular flexibility index (Phi) is 5.51. The molecule has 1 aromatic carbocycles. The zero-order chi connectivity index (χ0) is 17.7. The van der Waals surface area contributed by atoms with Crippen molar-refractivity contribution in [2.24, 2.45) is 5.92 Å². The minimum absolute atomic E-state index is 0.0115. The molecule has 0 aromatic heterocycles. The van der Waals surface area contributed by atoms with Crippen molar-refractivity contribution >= 4 is 29.5 Å². The average Bonchev–Trinajstić information content (AvgIpc) is 3.43. The fourth-order valence-electron chi connectivity index (χ4n) is 2.10. The predicted octanol–water partition coefficient (Wildman–Crippen LogP) is 0.672. The third-order valence-corrected chi connectivity index (χ3v) is 3.56. The molecule has 0 bridgehead atoms. The fourth-order valence-corrected chi connectivity index (χ4v) is 2.10. The number of benzene rings is 1. The van der Waals surface area contributed by atoms with Crippen molar-refractivity contribution < 1.29 is 23.9 Å². The summed E-state index contributed by atoms with van der Waals surface area (Å²) < 4.78 is 4.91. The van der Waals surface area contributed by atoms with Gasteiger partial charge in [-0.2, -0.15) is 0 Å². The van der Waals surface area contributed by atoms with E-state index < -0.39 is 24.5 Å². The number of hydrogen-bond donors (Lipinski definition) is 2. The Morgan fingerprint density at radius 2 is 1.88 bits per heavy atom. The summed E-state index contributed by atoms with van der Waals surface area (Å²) in [6.07, 6.45) is 1.71. The van der Waals surface area contributed by atoms with E-state index in [0.29, 0.717) is 5.69 Å². The molecule has 1 saturated carbocycles. The Bertz CT molecular complexity index is 669. The molecule has 0 unspecified atom stereocenters. The minimum Gasteiger partial charge on any atom is -0.452 e. The first-order valence-corrected chi connectivity index (χ1v) is 7.49. The number of ether oxygens (including phenoxy) is 1. The summed E-state index contributed by atoms with van der Waals surface area (Å²) in [6, 6.07) is 5.82. The van der Waals surface area contributed by atoms with Crippen LogP contribution in [0.25, 0.3) is 0 Å². The second-order valence-corrected chi connectivity index (χ2v) is 5.39. The third kappa shape index (κ3) is 4.31. The molecule has 1 aliphatic rings. The first-order valence-electron chi connectivity index (χ1n) is 7.49. The SMILES string of the molecule is CNC(=O)NC(=O)COC(=O)c1ccccc1N(C)C(=O)C1CC1. The van der Waals surface area contributed by atoms with Gasteiger partial charge in [0, 0.05) is 20.0 Å². The molecule has 24 heavy (non-hydrogen) atoms. The third-order valence-electron chi connectivity index (χ3n) is 3.56. The zero-order valence-electron chi connectivity index (χ0n) is 13.5. The van der Waals surface area contributed by atoms with Gasteiger partial charge in [0.05, 0.1) is 11.3 Å². The van der Waals surface area contributed by atoms with Crippen LogP contribution in [0.4, 0.5) is 10.5 Å². The molecule has 0 radical (unpaired) electrons. The van der Waals surface area contributed by atoms with Crippen LogP contribution in [-0.4, -0.2) is 44.5 Å². The van der Waals surface area contributed by atoms with E-state index in [9.17, 15) is 19.2 Å². The number of hydrogen-bond acceptors (Lipinski definition) is 5. The van der Waals surface area contributed by atoms with Crippen LogP contribution in [0.2, 0.25) is 0 Å². The molecule has 0 saturated heterocycles. The van der Waals surface area contributed by atoms with Crippen LogP contribution in [0, 0.1) is 5.92 Å². The van der Waals surface area contributed by atoms with Crippen LogP contribution >= 0.6 is 0 Å². The van der Waals surface area contributed by atoms with Crippen molar-refractivity contribution in [3.63, 3.8) is 0 Å².